The quantitative estimate of drug-likeness (QED) is 0.828. The Morgan fingerprint density at radius 2 is 1.83 bits per heavy atom. The van der Waals surface area contributed by atoms with Crippen LogP contribution in [0.1, 0.15) is 19.4 Å². The Morgan fingerprint density at radius 3 is 2.50 bits per heavy atom. The van der Waals surface area contributed by atoms with Crippen LogP contribution in [0.5, 0.6) is 0 Å². The van der Waals surface area contributed by atoms with Crippen molar-refractivity contribution >= 4 is 0 Å². The number of hydrogen-bond acceptors (Lipinski definition) is 4. The summed E-state index contributed by atoms with van der Waals surface area (Å²) in [6.07, 6.45) is -0.350. The van der Waals surface area contributed by atoms with Crippen LogP contribution in [0.2, 0.25) is 0 Å². The molecule has 1 heterocycles. The molecule has 1 aliphatic rings. The smallest absolute Gasteiger partial charge is 0.163 e. The summed E-state index contributed by atoms with van der Waals surface area (Å²) < 4.78 is 11.3. The zero-order chi connectivity index (χ0) is 13.0. The van der Waals surface area contributed by atoms with Crippen molar-refractivity contribution in [3.8, 4) is 0 Å². The summed E-state index contributed by atoms with van der Waals surface area (Å²) in [5.74, 6) is -0.605. The molecule has 1 aliphatic heterocycles. The summed E-state index contributed by atoms with van der Waals surface area (Å²) in [6, 6.07) is 10.2. The van der Waals surface area contributed by atoms with Crippen LogP contribution in [0.4, 0.5) is 0 Å². The lowest BCUT2D eigenvalue weighted by atomic mass is 10.2. The third-order valence-corrected chi connectivity index (χ3v) is 2.98. The SMILES string of the molecule is CC1(C)O[C@@H](CO)[C@H](CNCc2ccccc2)O1. The zero-order valence-electron chi connectivity index (χ0n) is 10.9. The molecule has 100 valence electrons. The Balaban J connectivity index is 1.80. The van der Waals surface area contributed by atoms with Crippen LogP contribution < -0.4 is 5.32 Å². The van der Waals surface area contributed by atoms with Gasteiger partial charge in [-0.3, -0.25) is 0 Å². The highest BCUT2D eigenvalue weighted by Crippen LogP contribution is 2.27. The van der Waals surface area contributed by atoms with Gasteiger partial charge < -0.3 is 19.9 Å². The number of ether oxygens (including phenoxy) is 2. The first-order chi connectivity index (χ1) is 8.61. The van der Waals surface area contributed by atoms with Gasteiger partial charge in [0.15, 0.2) is 5.79 Å². The van der Waals surface area contributed by atoms with E-state index in [1.54, 1.807) is 0 Å². The number of benzene rings is 1. The molecular formula is C14H21NO3. The first kappa shape index (κ1) is 13.5. The molecule has 0 spiro atoms. The second-order valence-corrected chi connectivity index (χ2v) is 5.01. The van der Waals surface area contributed by atoms with Gasteiger partial charge in [-0.25, -0.2) is 0 Å². The van der Waals surface area contributed by atoms with Crippen molar-refractivity contribution in [1.29, 1.82) is 0 Å². The van der Waals surface area contributed by atoms with Crippen molar-refractivity contribution in [2.24, 2.45) is 0 Å². The average molecular weight is 251 g/mol. The molecule has 0 saturated carbocycles. The van der Waals surface area contributed by atoms with Crippen LogP contribution in [-0.2, 0) is 16.0 Å². The molecule has 0 amide bonds. The Morgan fingerprint density at radius 1 is 1.17 bits per heavy atom. The van der Waals surface area contributed by atoms with E-state index in [-0.39, 0.29) is 18.8 Å². The molecule has 2 N–H and O–H groups in total. The van der Waals surface area contributed by atoms with Crippen molar-refractivity contribution in [2.75, 3.05) is 13.2 Å². The van der Waals surface area contributed by atoms with Crippen LogP contribution in [0.3, 0.4) is 0 Å². The van der Waals surface area contributed by atoms with Crippen LogP contribution in [-0.4, -0.2) is 36.3 Å². The predicted octanol–water partition coefficient (Wildman–Crippen LogP) is 1.29. The van der Waals surface area contributed by atoms with E-state index < -0.39 is 5.79 Å². The Hall–Kier alpha value is -0.940. The van der Waals surface area contributed by atoms with Crippen LogP contribution in [0.15, 0.2) is 30.3 Å². The van der Waals surface area contributed by atoms with Crippen molar-refractivity contribution in [3.05, 3.63) is 35.9 Å². The molecule has 2 atom stereocenters. The van der Waals surface area contributed by atoms with Gasteiger partial charge in [-0.15, -0.1) is 0 Å². The predicted molar refractivity (Wildman–Crippen MR) is 69.1 cm³/mol. The maximum Gasteiger partial charge on any atom is 0.163 e. The van der Waals surface area contributed by atoms with Gasteiger partial charge in [0, 0.05) is 13.1 Å². The standard InChI is InChI=1S/C14H21NO3/c1-14(2)17-12(13(10-16)18-14)9-15-8-11-6-4-3-5-7-11/h3-7,12-13,15-16H,8-10H2,1-2H3/t12-,13-/m0/s1. The van der Waals surface area contributed by atoms with Crippen molar-refractivity contribution in [2.45, 2.75) is 38.4 Å². The van der Waals surface area contributed by atoms with Gasteiger partial charge in [-0.2, -0.15) is 0 Å². The van der Waals surface area contributed by atoms with Gasteiger partial charge in [0.25, 0.3) is 0 Å². The van der Waals surface area contributed by atoms with Crippen LogP contribution in [0, 0.1) is 0 Å². The normalized spacial score (nSPS) is 26.4. The topological polar surface area (TPSA) is 50.7 Å². The molecule has 1 saturated heterocycles. The molecule has 0 unspecified atom stereocenters. The van der Waals surface area contributed by atoms with Gasteiger partial charge in [0.05, 0.1) is 6.61 Å². The average Bonchev–Trinajstić information content (AvgIpc) is 2.65. The van der Waals surface area contributed by atoms with E-state index in [1.165, 1.54) is 5.56 Å². The molecule has 0 aromatic heterocycles. The van der Waals surface area contributed by atoms with Gasteiger partial charge in [-0.1, -0.05) is 30.3 Å². The molecule has 1 fully saturated rings. The van der Waals surface area contributed by atoms with E-state index in [0.717, 1.165) is 6.54 Å². The molecule has 1 aromatic rings. The van der Waals surface area contributed by atoms with Gasteiger partial charge in [0.2, 0.25) is 0 Å². The largest absolute Gasteiger partial charge is 0.394 e. The van der Waals surface area contributed by atoms with Crippen molar-refractivity contribution < 1.29 is 14.6 Å². The number of hydrogen-bond donors (Lipinski definition) is 2. The lowest BCUT2D eigenvalue weighted by molar-refractivity contribution is -0.148. The third kappa shape index (κ3) is 3.53. The van der Waals surface area contributed by atoms with Gasteiger partial charge >= 0.3 is 0 Å². The minimum absolute atomic E-state index is 0.0128. The van der Waals surface area contributed by atoms with E-state index in [1.807, 2.05) is 32.0 Å². The summed E-state index contributed by atoms with van der Waals surface area (Å²) in [7, 11) is 0. The monoisotopic (exact) mass is 251 g/mol. The number of aliphatic hydroxyl groups is 1. The Labute approximate surface area is 108 Å². The summed E-state index contributed by atoms with van der Waals surface area (Å²) in [4.78, 5) is 0. The van der Waals surface area contributed by atoms with Gasteiger partial charge in [-0.05, 0) is 19.4 Å². The highest BCUT2D eigenvalue weighted by atomic mass is 16.8. The first-order valence-corrected chi connectivity index (χ1v) is 6.32. The summed E-state index contributed by atoms with van der Waals surface area (Å²) in [5.41, 5.74) is 1.23. The number of nitrogens with one attached hydrogen (secondary N) is 1. The highest BCUT2D eigenvalue weighted by Gasteiger charge is 2.40. The minimum Gasteiger partial charge on any atom is -0.394 e. The lowest BCUT2D eigenvalue weighted by Gasteiger charge is -2.17. The van der Waals surface area contributed by atoms with E-state index in [2.05, 4.69) is 17.4 Å². The number of rotatable bonds is 5. The first-order valence-electron chi connectivity index (χ1n) is 6.32. The second kappa shape index (κ2) is 5.80. The van der Waals surface area contributed by atoms with Crippen molar-refractivity contribution in [3.63, 3.8) is 0 Å². The minimum atomic E-state index is -0.605. The second-order valence-electron chi connectivity index (χ2n) is 5.01. The number of aliphatic hydroxyl groups excluding tert-OH is 1. The van der Waals surface area contributed by atoms with Crippen molar-refractivity contribution in [1.82, 2.24) is 5.32 Å². The molecule has 0 radical (unpaired) electrons. The maximum atomic E-state index is 9.25. The molecule has 2 rings (SSSR count). The fourth-order valence-corrected chi connectivity index (χ4v) is 2.19. The van der Waals surface area contributed by atoms with E-state index in [0.29, 0.717) is 6.54 Å². The summed E-state index contributed by atoms with van der Waals surface area (Å²) in [6.45, 7) is 5.18. The third-order valence-electron chi connectivity index (χ3n) is 2.98. The Kier molecular flexibility index (Phi) is 4.35. The van der Waals surface area contributed by atoms with Crippen LogP contribution >= 0.6 is 0 Å². The molecule has 0 bridgehead atoms. The zero-order valence-corrected chi connectivity index (χ0v) is 10.9. The fourth-order valence-electron chi connectivity index (χ4n) is 2.19. The molecule has 4 heteroatoms. The Bertz CT molecular complexity index is 367. The molecule has 4 nitrogen and oxygen atoms in total. The van der Waals surface area contributed by atoms with E-state index in [4.69, 9.17) is 9.47 Å². The molecule has 0 aliphatic carbocycles. The maximum absolute atomic E-state index is 9.25. The fraction of sp³-hybridized carbons (Fsp3) is 0.571. The molecular weight excluding hydrogens is 230 g/mol. The van der Waals surface area contributed by atoms with Crippen LogP contribution in [0.25, 0.3) is 0 Å². The molecule has 18 heavy (non-hydrogen) atoms. The van der Waals surface area contributed by atoms with Gasteiger partial charge in [0.1, 0.15) is 12.2 Å². The summed E-state index contributed by atoms with van der Waals surface area (Å²) >= 11 is 0. The molecule has 1 aromatic carbocycles. The highest BCUT2D eigenvalue weighted by molar-refractivity contribution is 5.14. The lowest BCUT2D eigenvalue weighted by Crippen LogP contribution is -2.36. The van der Waals surface area contributed by atoms with E-state index >= 15 is 0 Å². The summed E-state index contributed by atoms with van der Waals surface area (Å²) in [5, 5.41) is 12.6. The van der Waals surface area contributed by atoms with E-state index in [9.17, 15) is 5.11 Å².